The largest absolute Gasteiger partial charge is 0.389 e. The molecule has 1 amide bonds. The van der Waals surface area contributed by atoms with Crippen LogP contribution in [-0.4, -0.2) is 30.6 Å². The molecule has 1 atom stereocenters. The van der Waals surface area contributed by atoms with Crippen molar-refractivity contribution in [1.29, 1.82) is 0 Å². The third-order valence-electron chi connectivity index (χ3n) is 2.69. The lowest BCUT2D eigenvalue weighted by atomic mass is 10.1. The number of carbonyl (C=O) groups excluding carboxylic acids is 1. The number of halogens is 1. The Hall–Kier alpha value is -1.62. The Kier molecular flexibility index (Phi) is 5.30. The lowest BCUT2D eigenvalue weighted by Gasteiger charge is -2.24. The summed E-state index contributed by atoms with van der Waals surface area (Å²) in [6.07, 6.45) is -0.924. The van der Waals surface area contributed by atoms with Gasteiger partial charge in [0.15, 0.2) is 0 Å². The molecule has 0 saturated heterocycles. The van der Waals surface area contributed by atoms with Gasteiger partial charge in [-0.3, -0.25) is 4.79 Å². The number of aliphatic hydroxyl groups is 1. The lowest BCUT2D eigenvalue weighted by molar-refractivity contribution is -0.120. The fourth-order valence-electron chi connectivity index (χ4n) is 1.94. The first-order valence-corrected chi connectivity index (χ1v) is 6.30. The minimum atomic E-state index is -0.924. The first-order chi connectivity index (χ1) is 8.82. The molecule has 0 bridgehead atoms. The summed E-state index contributed by atoms with van der Waals surface area (Å²) < 4.78 is 13.7. The van der Waals surface area contributed by atoms with Crippen LogP contribution in [0, 0.1) is 5.82 Å². The molecule has 0 aromatic heterocycles. The molecule has 1 rings (SSSR count). The van der Waals surface area contributed by atoms with Gasteiger partial charge in [-0.25, -0.2) is 4.39 Å². The van der Waals surface area contributed by atoms with Crippen LogP contribution in [-0.2, 0) is 4.79 Å². The molecule has 0 aliphatic rings. The number of nitrogens with zero attached hydrogens (tertiary/aromatic N) is 1. The highest BCUT2D eigenvalue weighted by molar-refractivity contribution is 5.81. The van der Waals surface area contributed by atoms with Gasteiger partial charge in [-0.1, -0.05) is 6.07 Å². The highest BCUT2D eigenvalue weighted by atomic mass is 19.1. The van der Waals surface area contributed by atoms with Crippen molar-refractivity contribution in [2.24, 2.45) is 0 Å². The van der Waals surface area contributed by atoms with E-state index in [9.17, 15) is 14.3 Å². The van der Waals surface area contributed by atoms with Crippen molar-refractivity contribution in [3.63, 3.8) is 0 Å². The average Bonchev–Trinajstić information content (AvgIpc) is 2.26. The first kappa shape index (κ1) is 15.4. The Morgan fingerprint density at radius 3 is 2.58 bits per heavy atom. The van der Waals surface area contributed by atoms with Crippen LogP contribution in [0.3, 0.4) is 0 Å². The molecule has 0 fully saturated rings. The van der Waals surface area contributed by atoms with E-state index in [2.05, 4.69) is 5.32 Å². The molecule has 0 spiro atoms. The van der Waals surface area contributed by atoms with Crippen molar-refractivity contribution in [2.75, 3.05) is 18.5 Å². The van der Waals surface area contributed by atoms with E-state index >= 15 is 0 Å². The lowest BCUT2D eigenvalue weighted by Crippen LogP contribution is -2.39. The molecule has 106 valence electrons. The fraction of sp³-hybridized carbons (Fsp3) is 0.500. The van der Waals surface area contributed by atoms with Crippen LogP contribution in [0.4, 0.5) is 10.1 Å². The van der Waals surface area contributed by atoms with E-state index in [4.69, 9.17) is 0 Å². The van der Waals surface area contributed by atoms with Crippen LogP contribution < -0.4 is 10.2 Å². The van der Waals surface area contributed by atoms with Gasteiger partial charge in [-0.15, -0.1) is 0 Å². The molecule has 0 saturated carbocycles. The zero-order valence-corrected chi connectivity index (χ0v) is 11.8. The number of rotatable bonds is 5. The molecular weight excluding hydrogens is 247 g/mol. The maximum absolute atomic E-state index is 13.7. The summed E-state index contributed by atoms with van der Waals surface area (Å²) in [4.78, 5) is 13.3. The quantitative estimate of drug-likeness (QED) is 0.856. The van der Waals surface area contributed by atoms with Crippen LogP contribution in [0.2, 0.25) is 0 Å². The molecule has 2 N–H and O–H groups in total. The summed E-state index contributed by atoms with van der Waals surface area (Å²) in [5, 5.41) is 12.4. The normalized spacial score (nSPS) is 12.4. The van der Waals surface area contributed by atoms with Crippen LogP contribution in [0.1, 0.15) is 32.4 Å². The third kappa shape index (κ3) is 4.21. The van der Waals surface area contributed by atoms with Crippen LogP contribution >= 0.6 is 0 Å². The van der Waals surface area contributed by atoms with Crippen molar-refractivity contribution in [1.82, 2.24) is 5.32 Å². The van der Waals surface area contributed by atoms with Crippen LogP contribution in [0.15, 0.2) is 18.2 Å². The smallest absolute Gasteiger partial charge is 0.239 e. The van der Waals surface area contributed by atoms with E-state index < -0.39 is 11.9 Å². The number of anilines is 1. The topological polar surface area (TPSA) is 52.6 Å². The summed E-state index contributed by atoms with van der Waals surface area (Å²) in [6.45, 7) is 5.37. The molecule has 0 aliphatic heterocycles. The SMILES string of the molecule is CC(C)NC(=O)CN(C)c1cccc(F)c1[C@H](C)O. The predicted molar refractivity (Wildman–Crippen MR) is 73.6 cm³/mol. The number of aliphatic hydroxyl groups excluding tert-OH is 1. The minimum absolute atomic E-state index is 0.0599. The molecule has 1 aromatic carbocycles. The summed E-state index contributed by atoms with van der Waals surface area (Å²) in [5.74, 6) is -0.609. The number of amides is 1. The molecule has 4 nitrogen and oxygen atoms in total. The van der Waals surface area contributed by atoms with Crippen molar-refractivity contribution in [3.05, 3.63) is 29.6 Å². The zero-order valence-electron chi connectivity index (χ0n) is 11.8. The van der Waals surface area contributed by atoms with E-state index in [1.165, 1.54) is 13.0 Å². The van der Waals surface area contributed by atoms with Gasteiger partial charge in [-0.05, 0) is 32.9 Å². The maximum atomic E-state index is 13.7. The van der Waals surface area contributed by atoms with Gasteiger partial charge in [-0.2, -0.15) is 0 Å². The van der Waals surface area contributed by atoms with Crippen molar-refractivity contribution in [2.45, 2.75) is 32.9 Å². The molecule has 1 aromatic rings. The second-order valence-corrected chi connectivity index (χ2v) is 4.93. The van der Waals surface area contributed by atoms with Gasteiger partial charge < -0.3 is 15.3 Å². The summed E-state index contributed by atoms with van der Waals surface area (Å²) >= 11 is 0. The Morgan fingerprint density at radius 1 is 1.42 bits per heavy atom. The van der Waals surface area contributed by atoms with Gasteiger partial charge >= 0.3 is 0 Å². The molecule has 0 heterocycles. The standard InChI is InChI=1S/C14H21FN2O2/c1-9(2)16-13(19)8-17(4)12-7-5-6-11(15)14(12)10(3)18/h5-7,9-10,18H,8H2,1-4H3,(H,16,19)/t10-/m0/s1. The fourth-order valence-corrected chi connectivity index (χ4v) is 1.94. The minimum Gasteiger partial charge on any atom is -0.389 e. The van der Waals surface area contributed by atoms with Gasteiger partial charge in [0.1, 0.15) is 5.82 Å². The van der Waals surface area contributed by atoms with Gasteiger partial charge in [0.25, 0.3) is 0 Å². The number of carbonyl (C=O) groups is 1. The molecular formula is C14H21FN2O2. The molecule has 0 aliphatic carbocycles. The van der Waals surface area contributed by atoms with E-state index in [1.54, 1.807) is 24.1 Å². The number of benzene rings is 1. The van der Waals surface area contributed by atoms with E-state index in [0.717, 1.165) is 0 Å². The Balaban J connectivity index is 2.91. The van der Waals surface area contributed by atoms with E-state index in [-0.39, 0.29) is 24.1 Å². The van der Waals surface area contributed by atoms with Crippen LogP contribution in [0.25, 0.3) is 0 Å². The number of nitrogens with one attached hydrogen (secondary N) is 1. The molecule has 19 heavy (non-hydrogen) atoms. The average molecular weight is 268 g/mol. The Morgan fingerprint density at radius 2 is 2.05 bits per heavy atom. The second-order valence-electron chi connectivity index (χ2n) is 4.93. The predicted octanol–water partition coefficient (Wildman–Crippen LogP) is 1.84. The molecule has 0 radical (unpaired) electrons. The zero-order chi connectivity index (χ0) is 14.6. The molecule has 5 heteroatoms. The third-order valence-corrected chi connectivity index (χ3v) is 2.69. The monoisotopic (exact) mass is 268 g/mol. The first-order valence-electron chi connectivity index (χ1n) is 6.30. The van der Waals surface area contributed by atoms with Crippen molar-refractivity contribution < 1.29 is 14.3 Å². The number of hydrogen-bond donors (Lipinski definition) is 2. The summed E-state index contributed by atoms with van der Waals surface area (Å²) in [5.41, 5.74) is 0.733. The van der Waals surface area contributed by atoms with Gasteiger partial charge in [0, 0.05) is 24.3 Å². The van der Waals surface area contributed by atoms with Gasteiger partial charge in [0.2, 0.25) is 5.91 Å². The summed E-state index contributed by atoms with van der Waals surface area (Å²) in [7, 11) is 1.70. The highest BCUT2D eigenvalue weighted by Gasteiger charge is 2.17. The number of hydrogen-bond acceptors (Lipinski definition) is 3. The highest BCUT2D eigenvalue weighted by Crippen LogP contribution is 2.27. The van der Waals surface area contributed by atoms with Crippen molar-refractivity contribution in [3.8, 4) is 0 Å². The van der Waals surface area contributed by atoms with E-state index in [0.29, 0.717) is 5.69 Å². The maximum Gasteiger partial charge on any atom is 0.239 e. The Labute approximate surface area is 113 Å². The van der Waals surface area contributed by atoms with E-state index in [1.807, 2.05) is 13.8 Å². The van der Waals surface area contributed by atoms with Crippen molar-refractivity contribution >= 4 is 11.6 Å². The molecule has 0 unspecified atom stereocenters. The summed E-state index contributed by atoms with van der Waals surface area (Å²) in [6, 6.07) is 4.61. The van der Waals surface area contributed by atoms with Crippen LogP contribution in [0.5, 0.6) is 0 Å². The number of likely N-dealkylation sites (N-methyl/N-ethyl adjacent to an activating group) is 1. The van der Waals surface area contributed by atoms with Gasteiger partial charge in [0.05, 0.1) is 12.6 Å². The Bertz CT molecular complexity index is 447. The second kappa shape index (κ2) is 6.52.